The highest BCUT2D eigenvalue weighted by Gasteiger charge is 3.02. The number of hydrogen-bond donors (Lipinski definition) is 1. The Bertz CT molecular complexity index is 697. The van der Waals surface area contributed by atoms with Gasteiger partial charge in [-0.1, -0.05) is 0 Å². The minimum Gasteiger partial charge on any atom is -0.285 e. The first-order chi connectivity index (χ1) is 12.0. The number of alkyl halides is 17. The van der Waals surface area contributed by atoms with Crippen molar-refractivity contribution in [1.29, 1.82) is 0 Å². The summed E-state index contributed by atoms with van der Waals surface area (Å²) < 4.78 is 237. The van der Waals surface area contributed by atoms with E-state index < -0.39 is 57.1 Å². The zero-order chi connectivity index (χ0) is 24.5. The van der Waals surface area contributed by atoms with Crippen molar-refractivity contribution in [1.82, 2.24) is 0 Å². The van der Waals surface area contributed by atoms with Crippen molar-refractivity contribution in [2.75, 3.05) is 0 Å². The summed E-state index contributed by atoms with van der Waals surface area (Å²) in [6.07, 6.45) is -24.9. The van der Waals surface area contributed by atoms with E-state index in [9.17, 15) is 83.1 Å². The molecule has 176 valence electrons. The molecule has 0 aliphatic rings. The summed E-state index contributed by atoms with van der Waals surface area (Å²) in [4.78, 5) is 0. The summed E-state index contributed by atoms with van der Waals surface area (Å²) in [6.45, 7) is 0. The molecule has 0 atom stereocenters. The molecule has 0 fully saturated rings. The molecule has 0 aromatic carbocycles. The molecular weight excluding hydrogens is 499 g/mol. The molecule has 3 nitrogen and oxygen atoms in total. The maximum Gasteiger partial charge on any atom is 0.459 e. The van der Waals surface area contributed by atoms with Crippen LogP contribution in [0.2, 0.25) is 0 Å². The molecule has 0 aliphatic heterocycles. The van der Waals surface area contributed by atoms with Gasteiger partial charge in [0.2, 0.25) is 0 Å². The van der Waals surface area contributed by atoms with Gasteiger partial charge in [-0.2, -0.15) is 83.1 Å². The van der Waals surface area contributed by atoms with Crippen molar-refractivity contribution in [3.05, 3.63) is 0 Å². The van der Waals surface area contributed by atoms with Crippen LogP contribution in [0.5, 0.6) is 0 Å². The van der Waals surface area contributed by atoms with Gasteiger partial charge in [-0.05, 0) is 0 Å². The molecule has 0 amide bonds. The highest BCUT2D eigenvalue weighted by molar-refractivity contribution is 7.87. The predicted molar refractivity (Wildman–Crippen MR) is 52.2 cm³/mol. The van der Waals surface area contributed by atoms with E-state index in [0.717, 1.165) is 0 Å². The first kappa shape index (κ1) is 27.7. The Kier molecular flexibility index (Phi) is 6.08. The summed E-state index contributed by atoms with van der Waals surface area (Å²) in [6, 6.07) is 0. The van der Waals surface area contributed by atoms with Crippen LogP contribution in [-0.4, -0.2) is 59.9 Å². The fourth-order valence-corrected chi connectivity index (χ4v) is 3.21. The fraction of sp³-hybridized carbons (Fsp3) is 1.00. The average Bonchev–Trinajstić information content (AvgIpc) is 2.31. The van der Waals surface area contributed by atoms with Gasteiger partial charge < -0.3 is 0 Å². The van der Waals surface area contributed by atoms with Crippen molar-refractivity contribution >= 4 is 10.1 Å². The van der Waals surface area contributed by atoms with Crippen LogP contribution >= 0.6 is 0 Å². The van der Waals surface area contributed by atoms with Crippen LogP contribution < -0.4 is 0 Å². The van der Waals surface area contributed by atoms with E-state index in [2.05, 4.69) is 0 Å². The molecule has 1 N–H and O–H groups in total. The van der Waals surface area contributed by atoms with Gasteiger partial charge >= 0.3 is 47.0 Å². The van der Waals surface area contributed by atoms with E-state index in [4.69, 9.17) is 4.55 Å². The van der Waals surface area contributed by atoms with Crippen LogP contribution in [0.1, 0.15) is 0 Å². The largest absolute Gasteiger partial charge is 0.459 e. The number of halogens is 17. The molecule has 0 aliphatic carbocycles. The van der Waals surface area contributed by atoms with Crippen LogP contribution in [0, 0.1) is 0 Å². The van der Waals surface area contributed by atoms with Crippen molar-refractivity contribution in [2.45, 2.75) is 47.0 Å². The summed E-state index contributed by atoms with van der Waals surface area (Å²) in [5.41, 5.74) is 0. The minimum atomic E-state index is -9.18. The smallest absolute Gasteiger partial charge is 0.285 e. The second kappa shape index (κ2) is 6.36. The Morgan fingerprint density at radius 3 is 0.759 bits per heavy atom. The van der Waals surface area contributed by atoms with E-state index in [1.54, 1.807) is 0 Å². The minimum absolute atomic E-state index is 8.12. The van der Waals surface area contributed by atoms with Gasteiger partial charge in [0.05, 0.1) is 0 Å². The molecule has 0 unspecified atom stereocenters. The number of rotatable bonds is 5. The second-order valence-corrected chi connectivity index (χ2v) is 6.51. The van der Waals surface area contributed by atoms with Gasteiger partial charge in [-0.15, -0.1) is 0 Å². The van der Waals surface area contributed by atoms with Crippen molar-refractivity contribution in [2.24, 2.45) is 0 Å². The molecule has 0 radical (unpaired) electrons. The highest BCUT2D eigenvalue weighted by Crippen LogP contribution is 2.67. The molecule has 0 aromatic rings. The molecule has 0 aromatic heterocycles. The van der Waals surface area contributed by atoms with E-state index >= 15 is 0 Å². The second-order valence-electron chi connectivity index (χ2n) is 4.95. The van der Waals surface area contributed by atoms with Crippen LogP contribution in [0.3, 0.4) is 0 Å². The van der Waals surface area contributed by atoms with E-state index in [-0.39, 0.29) is 0 Å². The van der Waals surface area contributed by atoms with Crippen LogP contribution in [0.15, 0.2) is 0 Å². The third-order valence-electron chi connectivity index (χ3n) is 3.18. The Labute approximate surface area is 146 Å². The van der Waals surface area contributed by atoms with Gasteiger partial charge in [-0.3, -0.25) is 4.55 Å². The van der Waals surface area contributed by atoms with E-state index in [1.807, 2.05) is 0 Å². The lowest BCUT2D eigenvalue weighted by Crippen LogP contribution is -2.84. The van der Waals surface area contributed by atoms with Crippen molar-refractivity contribution in [3.63, 3.8) is 0 Å². The normalized spacial score (nSPS) is 16.9. The quantitative estimate of drug-likeness (QED) is 0.435. The van der Waals surface area contributed by atoms with Gasteiger partial charge in [-0.25, -0.2) is 0 Å². The lowest BCUT2D eigenvalue weighted by atomic mass is 9.81. The SMILES string of the molecule is O=S(=O)(O)C(C(F)(F)C(F)(F)F)(C(F)(F)C(F)(F)F)C(F)(F)C(F)(F)C(F)(F)F. The molecule has 0 saturated heterocycles. The standard InChI is InChI=1S/C8HF17O3S/c9-2(10,5(15,16)8(23,24)25)1(29(26,27)28,3(11,12)6(17,18)19)4(13,14)7(20,21)22/h(H,26,27,28). The third-order valence-corrected chi connectivity index (χ3v) is 4.72. The van der Waals surface area contributed by atoms with Crippen molar-refractivity contribution < 1.29 is 87.6 Å². The summed E-state index contributed by atoms with van der Waals surface area (Å²) in [5, 5.41) is 0. The maximum absolute atomic E-state index is 13.6. The molecule has 21 heteroatoms. The number of hydrogen-bond acceptors (Lipinski definition) is 2. The maximum atomic E-state index is 13.6. The van der Waals surface area contributed by atoms with Crippen LogP contribution in [0.4, 0.5) is 74.6 Å². The zero-order valence-electron chi connectivity index (χ0n) is 12.1. The molecule has 0 rings (SSSR count). The monoisotopic (exact) mass is 500 g/mol. The predicted octanol–water partition coefficient (Wildman–Crippen LogP) is 4.84. The molecule has 0 saturated carbocycles. The van der Waals surface area contributed by atoms with Gasteiger partial charge in [0.25, 0.3) is 10.1 Å². The Hall–Kier alpha value is -1.28. The molecular formula is C8HF17O3S. The van der Waals surface area contributed by atoms with Crippen LogP contribution in [-0.2, 0) is 10.1 Å². The average molecular weight is 500 g/mol. The zero-order valence-corrected chi connectivity index (χ0v) is 12.9. The third kappa shape index (κ3) is 3.26. The molecule has 29 heavy (non-hydrogen) atoms. The first-order valence-electron chi connectivity index (χ1n) is 5.68. The van der Waals surface area contributed by atoms with Crippen molar-refractivity contribution in [3.8, 4) is 0 Å². The lowest BCUT2D eigenvalue weighted by molar-refractivity contribution is -0.432. The molecule has 0 bridgehead atoms. The lowest BCUT2D eigenvalue weighted by Gasteiger charge is -2.48. The molecule has 0 spiro atoms. The van der Waals surface area contributed by atoms with Gasteiger partial charge in [0.1, 0.15) is 0 Å². The van der Waals surface area contributed by atoms with Crippen LogP contribution in [0.25, 0.3) is 0 Å². The van der Waals surface area contributed by atoms with E-state index in [0.29, 0.717) is 0 Å². The summed E-state index contributed by atoms with van der Waals surface area (Å²) >= 11 is 0. The topological polar surface area (TPSA) is 54.4 Å². The van der Waals surface area contributed by atoms with Gasteiger partial charge in [0, 0.05) is 0 Å². The Morgan fingerprint density at radius 1 is 0.414 bits per heavy atom. The Morgan fingerprint density at radius 2 is 0.621 bits per heavy atom. The summed E-state index contributed by atoms with van der Waals surface area (Å²) in [7, 11) is -9.18. The van der Waals surface area contributed by atoms with Gasteiger partial charge in [0.15, 0.2) is 0 Å². The Balaban J connectivity index is 8.18. The summed E-state index contributed by atoms with van der Waals surface area (Å²) in [5.74, 6) is -35.8. The first-order valence-corrected chi connectivity index (χ1v) is 7.12. The highest BCUT2D eigenvalue weighted by atomic mass is 32.2. The molecule has 0 heterocycles. The fourth-order valence-electron chi connectivity index (χ4n) is 1.88. The van der Waals surface area contributed by atoms with E-state index in [1.165, 1.54) is 0 Å².